The number of anilines is 1. The maximum atomic E-state index is 5.70. The van der Waals surface area contributed by atoms with E-state index < -0.39 is 0 Å². The van der Waals surface area contributed by atoms with Crippen LogP contribution in [0.25, 0.3) is 16.9 Å². The minimum absolute atomic E-state index is 0.495. The average Bonchev–Trinajstić information content (AvgIpc) is 2.89. The van der Waals surface area contributed by atoms with Crippen molar-refractivity contribution in [3.8, 4) is 16.9 Å². The van der Waals surface area contributed by atoms with Gasteiger partial charge in [-0.1, -0.05) is 0 Å². The fraction of sp³-hybridized carbons (Fsp3) is 0. The minimum Gasteiger partial charge on any atom is -0.384 e. The molecule has 18 heavy (non-hydrogen) atoms. The molecule has 0 saturated carbocycles. The molecule has 88 valence electrons. The minimum atomic E-state index is 0.495. The van der Waals surface area contributed by atoms with E-state index in [1.165, 1.54) is 0 Å². The largest absolute Gasteiger partial charge is 0.384 e. The zero-order chi connectivity index (χ0) is 12.4. The highest BCUT2D eigenvalue weighted by molar-refractivity contribution is 5.64. The lowest BCUT2D eigenvalue weighted by molar-refractivity contribution is 1.05. The zero-order valence-corrected chi connectivity index (χ0v) is 9.56. The van der Waals surface area contributed by atoms with Gasteiger partial charge in [0.25, 0.3) is 0 Å². The lowest BCUT2D eigenvalue weighted by atomic mass is 10.2. The maximum Gasteiger partial charge on any atom is 0.123 e. The molecule has 0 aliphatic heterocycles. The van der Waals surface area contributed by atoms with Crippen LogP contribution in [0.1, 0.15) is 0 Å². The molecule has 5 heteroatoms. The highest BCUT2D eigenvalue weighted by Gasteiger charge is 2.07. The smallest absolute Gasteiger partial charge is 0.123 e. The number of nitrogens with zero attached hydrogens (tertiary/aromatic N) is 4. The molecular formula is C13H11N5. The monoisotopic (exact) mass is 237 g/mol. The lowest BCUT2D eigenvalue weighted by Crippen LogP contribution is -1.96. The molecule has 0 fully saturated rings. The van der Waals surface area contributed by atoms with Crippen molar-refractivity contribution in [1.82, 2.24) is 19.5 Å². The Morgan fingerprint density at radius 2 is 1.83 bits per heavy atom. The van der Waals surface area contributed by atoms with E-state index in [-0.39, 0.29) is 0 Å². The summed E-state index contributed by atoms with van der Waals surface area (Å²) in [6, 6.07) is 7.59. The Morgan fingerprint density at radius 1 is 1.00 bits per heavy atom. The number of pyridine rings is 2. The first-order valence-corrected chi connectivity index (χ1v) is 5.49. The van der Waals surface area contributed by atoms with Gasteiger partial charge in [0.2, 0.25) is 0 Å². The molecule has 0 spiro atoms. The SMILES string of the molecule is Nc1cc(-c2cncn2-c2ccncc2)ccn1. The van der Waals surface area contributed by atoms with Crippen molar-refractivity contribution in [2.24, 2.45) is 0 Å². The van der Waals surface area contributed by atoms with Crippen molar-refractivity contribution in [3.05, 3.63) is 55.4 Å². The van der Waals surface area contributed by atoms with Crippen LogP contribution >= 0.6 is 0 Å². The standard InChI is InChI=1S/C13H11N5/c14-13-7-10(1-6-17-13)12-8-16-9-18(12)11-2-4-15-5-3-11/h1-9H,(H2,14,17). The summed E-state index contributed by atoms with van der Waals surface area (Å²) in [5.41, 5.74) is 8.66. The first kappa shape index (κ1) is 10.5. The molecule has 3 heterocycles. The normalized spacial score (nSPS) is 10.4. The topological polar surface area (TPSA) is 69.6 Å². The molecule has 2 N–H and O–H groups in total. The highest BCUT2D eigenvalue weighted by atomic mass is 15.1. The van der Waals surface area contributed by atoms with Crippen molar-refractivity contribution in [1.29, 1.82) is 0 Å². The first-order valence-electron chi connectivity index (χ1n) is 5.49. The molecule has 0 saturated heterocycles. The van der Waals surface area contributed by atoms with Crippen molar-refractivity contribution >= 4 is 5.82 Å². The molecule has 0 radical (unpaired) electrons. The molecule has 0 aliphatic carbocycles. The van der Waals surface area contributed by atoms with Crippen molar-refractivity contribution in [2.45, 2.75) is 0 Å². The van der Waals surface area contributed by atoms with E-state index in [9.17, 15) is 0 Å². The molecule has 3 aromatic heterocycles. The molecule has 0 atom stereocenters. The Hall–Kier alpha value is -2.69. The molecule has 0 unspecified atom stereocenters. The van der Waals surface area contributed by atoms with Gasteiger partial charge in [-0.25, -0.2) is 9.97 Å². The summed E-state index contributed by atoms with van der Waals surface area (Å²) in [6.45, 7) is 0. The molecule has 3 rings (SSSR count). The molecule has 0 aliphatic rings. The summed E-state index contributed by atoms with van der Waals surface area (Å²) in [5.74, 6) is 0.495. The third-order valence-electron chi connectivity index (χ3n) is 2.66. The van der Waals surface area contributed by atoms with Gasteiger partial charge in [0.15, 0.2) is 0 Å². The summed E-state index contributed by atoms with van der Waals surface area (Å²) >= 11 is 0. The highest BCUT2D eigenvalue weighted by Crippen LogP contribution is 2.22. The summed E-state index contributed by atoms with van der Waals surface area (Å²) < 4.78 is 1.98. The second-order valence-corrected chi connectivity index (χ2v) is 3.82. The molecular weight excluding hydrogens is 226 g/mol. The summed E-state index contributed by atoms with van der Waals surface area (Å²) in [4.78, 5) is 12.2. The number of aromatic nitrogens is 4. The van der Waals surface area contributed by atoms with E-state index in [4.69, 9.17) is 5.73 Å². The fourth-order valence-electron chi connectivity index (χ4n) is 1.83. The summed E-state index contributed by atoms with van der Waals surface area (Å²) in [7, 11) is 0. The Balaban J connectivity index is 2.13. The number of nitrogens with two attached hydrogens (primary N) is 1. The Labute approximate surface area is 104 Å². The van der Waals surface area contributed by atoms with Crippen molar-refractivity contribution in [3.63, 3.8) is 0 Å². The van der Waals surface area contributed by atoms with Crippen LogP contribution < -0.4 is 5.73 Å². The average molecular weight is 237 g/mol. The third kappa shape index (κ3) is 1.82. The summed E-state index contributed by atoms with van der Waals surface area (Å²) in [6.07, 6.45) is 8.76. The molecule has 0 aromatic carbocycles. The first-order chi connectivity index (χ1) is 8.84. The number of hydrogen-bond acceptors (Lipinski definition) is 4. The predicted octanol–water partition coefficient (Wildman–Crippen LogP) is 1.91. The van der Waals surface area contributed by atoms with Crippen LogP contribution in [0.2, 0.25) is 0 Å². The summed E-state index contributed by atoms with van der Waals surface area (Å²) in [5, 5.41) is 0. The van der Waals surface area contributed by atoms with E-state index in [1.54, 1.807) is 31.1 Å². The van der Waals surface area contributed by atoms with E-state index in [1.807, 2.05) is 28.8 Å². The Morgan fingerprint density at radius 3 is 2.61 bits per heavy atom. The molecule has 5 nitrogen and oxygen atoms in total. The Bertz CT molecular complexity index is 660. The van der Waals surface area contributed by atoms with Gasteiger partial charge in [0.1, 0.15) is 5.82 Å². The van der Waals surface area contributed by atoms with Crippen LogP contribution in [-0.4, -0.2) is 19.5 Å². The van der Waals surface area contributed by atoms with E-state index in [0.29, 0.717) is 5.82 Å². The number of hydrogen-bond donors (Lipinski definition) is 1. The molecule has 3 aromatic rings. The second kappa shape index (κ2) is 4.29. The predicted molar refractivity (Wildman–Crippen MR) is 69.0 cm³/mol. The van der Waals surface area contributed by atoms with Crippen LogP contribution in [0.3, 0.4) is 0 Å². The van der Waals surface area contributed by atoms with Gasteiger partial charge in [-0.2, -0.15) is 0 Å². The molecule has 0 amide bonds. The maximum absolute atomic E-state index is 5.70. The van der Waals surface area contributed by atoms with Gasteiger partial charge in [-0.3, -0.25) is 9.55 Å². The fourth-order valence-corrected chi connectivity index (χ4v) is 1.83. The van der Waals surface area contributed by atoms with E-state index in [0.717, 1.165) is 16.9 Å². The lowest BCUT2D eigenvalue weighted by Gasteiger charge is -2.07. The van der Waals surface area contributed by atoms with Gasteiger partial charge in [0, 0.05) is 24.2 Å². The van der Waals surface area contributed by atoms with Crippen LogP contribution in [0.5, 0.6) is 0 Å². The van der Waals surface area contributed by atoms with Crippen molar-refractivity contribution in [2.75, 3.05) is 5.73 Å². The zero-order valence-electron chi connectivity index (χ0n) is 9.56. The van der Waals surface area contributed by atoms with E-state index in [2.05, 4.69) is 15.0 Å². The quantitative estimate of drug-likeness (QED) is 0.739. The Kier molecular flexibility index (Phi) is 2.49. The number of rotatable bonds is 2. The van der Waals surface area contributed by atoms with Crippen LogP contribution in [-0.2, 0) is 0 Å². The van der Waals surface area contributed by atoms with Gasteiger partial charge < -0.3 is 5.73 Å². The van der Waals surface area contributed by atoms with Gasteiger partial charge in [0.05, 0.1) is 23.9 Å². The van der Waals surface area contributed by atoms with E-state index >= 15 is 0 Å². The van der Waals surface area contributed by atoms with Gasteiger partial charge >= 0.3 is 0 Å². The molecule has 0 bridgehead atoms. The van der Waals surface area contributed by atoms with Gasteiger partial charge in [-0.15, -0.1) is 0 Å². The number of nitrogen functional groups attached to an aromatic ring is 1. The second-order valence-electron chi connectivity index (χ2n) is 3.82. The van der Waals surface area contributed by atoms with Crippen LogP contribution in [0, 0.1) is 0 Å². The van der Waals surface area contributed by atoms with Crippen LogP contribution in [0.15, 0.2) is 55.4 Å². The van der Waals surface area contributed by atoms with Crippen LogP contribution in [0.4, 0.5) is 5.82 Å². The third-order valence-corrected chi connectivity index (χ3v) is 2.66. The number of imidazole rings is 1. The van der Waals surface area contributed by atoms with Gasteiger partial charge in [-0.05, 0) is 24.3 Å². The van der Waals surface area contributed by atoms with Crippen molar-refractivity contribution < 1.29 is 0 Å².